The lowest BCUT2D eigenvalue weighted by Gasteiger charge is -2.25. The third kappa shape index (κ3) is 4.79. The van der Waals surface area contributed by atoms with Crippen molar-refractivity contribution in [3.05, 3.63) is 99.5 Å². The first kappa shape index (κ1) is 21.5. The van der Waals surface area contributed by atoms with Gasteiger partial charge >= 0.3 is 6.03 Å². The van der Waals surface area contributed by atoms with Crippen LogP contribution in [-0.2, 0) is 22.7 Å². The number of barbiturate groups is 1. The van der Waals surface area contributed by atoms with Crippen LogP contribution in [0, 0.1) is 10.1 Å². The van der Waals surface area contributed by atoms with Crippen molar-refractivity contribution >= 4 is 29.6 Å². The number of hydrogen-bond donors (Lipinski definition) is 1. The first-order chi connectivity index (χ1) is 15.9. The van der Waals surface area contributed by atoms with Crippen molar-refractivity contribution in [1.29, 1.82) is 0 Å². The van der Waals surface area contributed by atoms with E-state index in [2.05, 4.69) is 5.32 Å². The van der Waals surface area contributed by atoms with Crippen LogP contribution in [0.15, 0.2) is 76.9 Å². The number of carbonyl (C=O) groups is 3. The van der Waals surface area contributed by atoms with Gasteiger partial charge in [-0.05, 0) is 42.0 Å². The maximum atomic E-state index is 12.9. The Labute approximate surface area is 187 Å². The standard InChI is InChI=1S/C23H17N3O7/c27-21-19(22(28)25(23(29)24-21)13-18-5-3-11-32-18)12-16-4-1-2-6-20(16)33-14-15-7-9-17(10-8-15)26(30)31/h1-12H,13-14H2,(H,24,27,29)/b19-12+. The van der Waals surface area contributed by atoms with E-state index in [1.165, 1.54) is 24.5 Å². The lowest BCUT2D eigenvalue weighted by Crippen LogP contribution is -2.53. The van der Waals surface area contributed by atoms with Crippen LogP contribution in [0.2, 0.25) is 0 Å². The number of imide groups is 2. The molecule has 3 aromatic rings. The third-order valence-electron chi connectivity index (χ3n) is 4.84. The molecule has 1 fully saturated rings. The molecule has 33 heavy (non-hydrogen) atoms. The zero-order valence-electron chi connectivity index (χ0n) is 17.1. The van der Waals surface area contributed by atoms with Crippen LogP contribution in [-0.4, -0.2) is 27.7 Å². The SMILES string of the molecule is O=C1NC(=O)N(Cc2ccco2)C(=O)/C1=C/c1ccccc1OCc1ccc([N+](=O)[O-])cc1. The summed E-state index contributed by atoms with van der Waals surface area (Å²) in [5.74, 6) is -0.798. The molecule has 0 spiro atoms. The molecule has 1 saturated heterocycles. The molecule has 1 aliphatic rings. The Morgan fingerprint density at radius 3 is 2.48 bits per heavy atom. The number of para-hydroxylation sites is 1. The average Bonchev–Trinajstić information content (AvgIpc) is 3.32. The number of furan rings is 1. The lowest BCUT2D eigenvalue weighted by molar-refractivity contribution is -0.384. The average molecular weight is 447 g/mol. The smallest absolute Gasteiger partial charge is 0.331 e. The minimum absolute atomic E-state index is 0.0284. The van der Waals surface area contributed by atoms with E-state index in [9.17, 15) is 24.5 Å². The minimum atomic E-state index is -0.832. The number of non-ortho nitro benzene ring substituents is 1. The van der Waals surface area contributed by atoms with Crippen LogP contribution >= 0.6 is 0 Å². The van der Waals surface area contributed by atoms with E-state index >= 15 is 0 Å². The normalized spacial score (nSPS) is 15.0. The largest absolute Gasteiger partial charge is 0.488 e. The number of carbonyl (C=O) groups excluding carboxylic acids is 3. The van der Waals surface area contributed by atoms with E-state index in [4.69, 9.17) is 9.15 Å². The molecule has 4 rings (SSSR count). The van der Waals surface area contributed by atoms with Gasteiger partial charge in [-0.2, -0.15) is 0 Å². The van der Waals surface area contributed by atoms with Gasteiger partial charge in [-0.3, -0.25) is 29.9 Å². The monoisotopic (exact) mass is 447 g/mol. The Kier molecular flexibility index (Phi) is 5.98. The number of hydrogen-bond acceptors (Lipinski definition) is 7. The molecule has 1 aliphatic heterocycles. The highest BCUT2D eigenvalue weighted by atomic mass is 16.6. The number of nitro benzene ring substituents is 1. The molecule has 10 nitrogen and oxygen atoms in total. The van der Waals surface area contributed by atoms with Gasteiger partial charge in [0, 0.05) is 17.7 Å². The number of ether oxygens (including phenoxy) is 1. The van der Waals surface area contributed by atoms with Gasteiger partial charge in [0.05, 0.1) is 17.7 Å². The predicted octanol–water partition coefficient (Wildman–Crippen LogP) is 3.43. The molecule has 10 heteroatoms. The third-order valence-corrected chi connectivity index (χ3v) is 4.84. The van der Waals surface area contributed by atoms with Gasteiger partial charge < -0.3 is 9.15 Å². The van der Waals surface area contributed by atoms with E-state index < -0.39 is 22.8 Å². The molecule has 4 amide bonds. The van der Waals surface area contributed by atoms with Crippen molar-refractivity contribution in [2.24, 2.45) is 0 Å². The van der Waals surface area contributed by atoms with Gasteiger partial charge in [0.1, 0.15) is 23.7 Å². The summed E-state index contributed by atoms with van der Waals surface area (Å²) in [5, 5.41) is 12.9. The summed E-state index contributed by atoms with van der Waals surface area (Å²) < 4.78 is 11.0. The number of urea groups is 1. The van der Waals surface area contributed by atoms with Crippen LogP contribution in [0.5, 0.6) is 5.75 Å². The molecular weight excluding hydrogens is 430 g/mol. The van der Waals surface area contributed by atoms with Crippen molar-refractivity contribution in [2.45, 2.75) is 13.2 Å². The van der Waals surface area contributed by atoms with Crippen LogP contribution in [0.1, 0.15) is 16.9 Å². The summed E-state index contributed by atoms with van der Waals surface area (Å²) in [7, 11) is 0. The van der Waals surface area contributed by atoms with E-state index in [-0.39, 0.29) is 24.4 Å². The zero-order valence-corrected chi connectivity index (χ0v) is 17.1. The lowest BCUT2D eigenvalue weighted by atomic mass is 10.1. The number of rotatable bonds is 7. The van der Waals surface area contributed by atoms with Crippen LogP contribution in [0.4, 0.5) is 10.5 Å². The van der Waals surface area contributed by atoms with Crippen molar-refractivity contribution in [3.63, 3.8) is 0 Å². The van der Waals surface area contributed by atoms with Crippen molar-refractivity contribution in [2.75, 3.05) is 0 Å². The summed E-state index contributed by atoms with van der Waals surface area (Å²) in [4.78, 5) is 48.6. The zero-order chi connectivity index (χ0) is 23.4. The van der Waals surface area contributed by atoms with Gasteiger partial charge in [-0.1, -0.05) is 18.2 Å². The number of nitrogens with zero attached hydrogens (tertiary/aromatic N) is 2. The van der Waals surface area contributed by atoms with E-state index in [0.717, 1.165) is 4.90 Å². The minimum Gasteiger partial charge on any atom is -0.488 e. The fourth-order valence-electron chi connectivity index (χ4n) is 3.16. The van der Waals surface area contributed by atoms with Gasteiger partial charge in [-0.15, -0.1) is 0 Å². The second kappa shape index (κ2) is 9.18. The highest BCUT2D eigenvalue weighted by Gasteiger charge is 2.36. The maximum absolute atomic E-state index is 12.9. The highest BCUT2D eigenvalue weighted by Crippen LogP contribution is 2.25. The van der Waals surface area contributed by atoms with Crippen LogP contribution in [0.3, 0.4) is 0 Å². The molecule has 0 unspecified atom stereocenters. The molecule has 0 saturated carbocycles. The van der Waals surface area contributed by atoms with E-state index in [1.807, 2.05) is 0 Å². The second-order valence-electron chi connectivity index (χ2n) is 7.04. The second-order valence-corrected chi connectivity index (χ2v) is 7.04. The molecular formula is C23H17N3O7. The molecule has 2 aromatic carbocycles. The van der Waals surface area contributed by atoms with Crippen molar-refractivity contribution < 1.29 is 28.5 Å². The summed E-state index contributed by atoms with van der Waals surface area (Å²) in [6.07, 6.45) is 2.77. The highest BCUT2D eigenvalue weighted by molar-refractivity contribution is 6.31. The van der Waals surface area contributed by atoms with Crippen molar-refractivity contribution in [3.8, 4) is 5.75 Å². The first-order valence-corrected chi connectivity index (χ1v) is 9.79. The van der Waals surface area contributed by atoms with Gasteiger partial charge in [-0.25, -0.2) is 4.79 Å². The summed E-state index contributed by atoms with van der Waals surface area (Å²) >= 11 is 0. The van der Waals surface area contributed by atoms with Crippen molar-refractivity contribution in [1.82, 2.24) is 10.2 Å². The Morgan fingerprint density at radius 2 is 1.79 bits per heavy atom. The number of benzene rings is 2. The van der Waals surface area contributed by atoms with E-state index in [1.54, 1.807) is 48.5 Å². The van der Waals surface area contributed by atoms with Gasteiger partial charge in [0.2, 0.25) is 0 Å². The molecule has 0 atom stereocenters. The number of nitro groups is 1. The molecule has 0 radical (unpaired) electrons. The fourth-order valence-corrected chi connectivity index (χ4v) is 3.16. The summed E-state index contributed by atoms with van der Waals surface area (Å²) in [5.41, 5.74) is 0.891. The Balaban J connectivity index is 1.55. The van der Waals surface area contributed by atoms with E-state index in [0.29, 0.717) is 22.6 Å². The number of nitrogens with one attached hydrogen (secondary N) is 1. The fraction of sp³-hybridized carbons (Fsp3) is 0.0870. The van der Waals surface area contributed by atoms with Crippen LogP contribution in [0.25, 0.3) is 6.08 Å². The molecule has 1 N–H and O–H groups in total. The van der Waals surface area contributed by atoms with Gasteiger partial charge in [0.15, 0.2) is 0 Å². The predicted molar refractivity (Wildman–Crippen MR) is 115 cm³/mol. The maximum Gasteiger partial charge on any atom is 0.331 e. The summed E-state index contributed by atoms with van der Waals surface area (Å²) in [6.45, 7) is -0.0119. The Morgan fingerprint density at radius 1 is 1.03 bits per heavy atom. The molecule has 0 bridgehead atoms. The first-order valence-electron chi connectivity index (χ1n) is 9.79. The Bertz CT molecular complexity index is 1250. The molecule has 1 aromatic heterocycles. The molecule has 2 heterocycles. The quantitative estimate of drug-likeness (QED) is 0.254. The molecule has 0 aliphatic carbocycles. The summed E-state index contributed by atoms with van der Waals surface area (Å²) in [6, 6.07) is 15.1. The number of amides is 4. The molecule has 166 valence electrons. The van der Waals surface area contributed by atoms with Gasteiger partial charge in [0.25, 0.3) is 17.5 Å². The Hall–Kier alpha value is -4.73. The topological polar surface area (TPSA) is 132 Å². The van der Waals surface area contributed by atoms with Crippen LogP contribution < -0.4 is 10.1 Å².